The predicted octanol–water partition coefficient (Wildman–Crippen LogP) is 11.6. The molecule has 0 saturated heterocycles. The molecule has 0 fully saturated rings. The van der Waals surface area contributed by atoms with Crippen molar-refractivity contribution in [3.63, 3.8) is 0 Å². The van der Waals surface area contributed by atoms with Crippen molar-refractivity contribution < 1.29 is 28.8 Å². The molecule has 0 aliphatic rings. The Morgan fingerprint density at radius 1 is 0.556 bits per heavy atom. The second kappa shape index (κ2) is 22.4. The number of amides is 4. The molecule has 4 amide bonds. The molecule has 14 nitrogen and oxygen atoms in total. The SMILES string of the molecule is CC(=O)C(N=Nc1ccc(Cl)c(C(=O)Nc2cccc(CCl)c2)c1)C(=O)Nc1ccc(NC(=O)C(N=Nc2ccc(Cl)c(C(=O)Nc3cccc(CCl)c3)c2)C(C)=O)c(C(C)Cl)c1. The Kier molecular flexibility index (Phi) is 17.0. The number of azo groups is 2. The van der Waals surface area contributed by atoms with Gasteiger partial charge in [0.15, 0.2) is 11.6 Å². The van der Waals surface area contributed by atoms with E-state index in [9.17, 15) is 28.8 Å². The maximum Gasteiger partial charge on any atom is 0.258 e. The van der Waals surface area contributed by atoms with Crippen molar-refractivity contribution in [2.45, 2.75) is 50.0 Å². The number of alkyl halides is 3. The Bertz CT molecular complexity index is 2640. The average Bonchev–Trinajstić information content (AvgIpc) is 3.25. The first kappa shape index (κ1) is 48.0. The van der Waals surface area contributed by atoms with Crippen LogP contribution < -0.4 is 21.3 Å². The number of rotatable bonds is 17. The molecular weight excluding hydrogens is 914 g/mol. The summed E-state index contributed by atoms with van der Waals surface area (Å²) in [7, 11) is 0. The van der Waals surface area contributed by atoms with E-state index in [0.717, 1.165) is 18.1 Å². The van der Waals surface area contributed by atoms with Crippen molar-refractivity contribution in [1.29, 1.82) is 0 Å². The standard InChI is InChI=1S/C44H37Cl5N8O6/c1-23(47)33-18-30(52-43(62)39(24(2)58)56-54-31-10-13-36(48)34(19-31)41(60)50-28-8-4-6-26(16-28)21-45)12-15-38(33)53-44(63)40(25(3)59)57-55-32-11-14-37(49)35(20-32)42(61)51-29-9-5-7-27(17-29)22-46/h4-20,23,39-40H,21-22H2,1-3H3,(H,50,60)(H,51,61)(H,52,62)(H,53,63). The van der Waals surface area contributed by atoms with Gasteiger partial charge >= 0.3 is 0 Å². The number of nitrogens with one attached hydrogen (secondary N) is 4. The molecule has 0 radical (unpaired) electrons. The number of carbonyl (C=O) groups excluding carboxylic acids is 6. The first-order valence-electron chi connectivity index (χ1n) is 18.8. The van der Waals surface area contributed by atoms with Gasteiger partial charge in [-0.25, -0.2) is 0 Å². The zero-order valence-electron chi connectivity index (χ0n) is 33.6. The van der Waals surface area contributed by atoms with Gasteiger partial charge in [0.2, 0.25) is 12.1 Å². The number of carbonyl (C=O) groups is 6. The lowest BCUT2D eigenvalue weighted by molar-refractivity contribution is -0.127. The number of nitrogens with zero attached hydrogens (tertiary/aromatic N) is 4. The van der Waals surface area contributed by atoms with Gasteiger partial charge in [-0.1, -0.05) is 47.5 Å². The van der Waals surface area contributed by atoms with E-state index in [4.69, 9.17) is 58.0 Å². The molecule has 0 aliphatic carbocycles. The van der Waals surface area contributed by atoms with E-state index >= 15 is 0 Å². The van der Waals surface area contributed by atoms with Crippen molar-refractivity contribution in [1.82, 2.24) is 0 Å². The van der Waals surface area contributed by atoms with E-state index in [2.05, 4.69) is 41.7 Å². The van der Waals surface area contributed by atoms with Crippen molar-refractivity contribution in [2.24, 2.45) is 20.5 Å². The van der Waals surface area contributed by atoms with Crippen molar-refractivity contribution in [3.8, 4) is 0 Å². The number of hydrogen-bond donors (Lipinski definition) is 4. The molecule has 4 N–H and O–H groups in total. The Morgan fingerprint density at radius 2 is 1.00 bits per heavy atom. The van der Waals surface area contributed by atoms with E-state index in [1.165, 1.54) is 61.5 Å². The smallest absolute Gasteiger partial charge is 0.258 e. The Labute approximate surface area is 386 Å². The Hall–Kier alpha value is -6.03. The molecule has 0 aliphatic heterocycles. The van der Waals surface area contributed by atoms with Gasteiger partial charge in [-0.05, 0) is 116 Å². The van der Waals surface area contributed by atoms with E-state index < -0.39 is 52.7 Å². The van der Waals surface area contributed by atoms with Crippen molar-refractivity contribution in [2.75, 3.05) is 21.3 Å². The molecule has 5 aromatic rings. The minimum Gasteiger partial charge on any atom is -0.324 e. The van der Waals surface area contributed by atoms with Crippen LogP contribution in [0, 0.1) is 0 Å². The summed E-state index contributed by atoms with van der Waals surface area (Å²) in [6.45, 7) is 3.95. The summed E-state index contributed by atoms with van der Waals surface area (Å²) in [5, 5.41) is 26.3. The minimum atomic E-state index is -1.60. The van der Waals surface area contributed by atoms with Gasteiger partial charge in [-0.2, -0.15) is 20.5 Å². The van der Waals surface area contributed by atoms with Crippen LogP contribution >= 0.6 is 58.0 Å². The fourth-order valence-corrected chi connectivity index (χ4v) is 6.66. The van der Waals surface area contributed by atoms with Gasteiger partial charge < -0.3 is 21.3 Å². The summed E-state index contributed by atoms with van der Waals surface area (Å²) in [5.74, 6) is -3.49. The van der Waals surface area contributed by atoms with Crippen LogP contribution in [0.25, 0.3) is 0 Å². The largest absolute Gasteiger partial charge is 0.324 e. The van der Waals surface area contributed by atoms with Crippen molar-refractivity contribution in [3.05, 3.63) is 141 Å². The third-order valence-corrected chi connectivity index (χ3v) is 10.4. The van der Waals surface area contributed by atoms with Crippen molar-refractivity contribution >= 4 is 127 Å². The molecule has 5 aromatic carbocycles. The zero-order chi connectivity index (χ0) is 45.8. The number of halogens is 5. The molecule has 324 valence electrons. The second-order valence-corrected chi connectivity index (χ2v) is 15.8. The third-order valence-electron chi connectivity index (χ3n) is 8.92. The van der Waals surface area contributed by atoms with Gasteiger partial charge in [0.1, 0.15) is 0 Å². The van der Waals surface area contributed by atoms with E-state index in [0.29, 0.717) is 16.9 Å². The number of hydrogen-bond acceptors (Lipinski definition) is 10. The van der Waals surface area contributed by atoms with Crippen LogP contribution in [0.5, 0.6) is 0 Å². The van der Waals surface area contributed by atoms with Crippen LogP contribution in [0.3, 0.4) is 0 Å². The Balaban J connectivity index is 1.27. The first-order valence-corrected chi connectivity index (χ1v) is 21.1. The summed E-state index contributed by atoms with van der Waals surface area (Å²) in [5.41, 5.74) is 3.76. The van der Waals surface area contributed by atoms with Crippen LogP contribution in [-0.2, 0) is 30.9 Å². The van der Waals surface area contributed by atoms with Gasteiger partial charge in [-0.3, -0.25) is 28.8 Å². The topological polar surface area (TPSA) is 200 Å². The number of Topliss-reactive ketones (excluding diaryl/α,β-unsaturated/α-hetero) is 2. The highest BCUT2D eigenvalue weighted by Gasteiger charge is 2.27. The molecule has 0 spiro atoms. The van der Waals surface area contributed by atoms with Crippen LogP contribution in [0.2, 0.25) is 10.0 Å². The second-order valence-electron chi connectivity index (χ2n) is 13.8. The number of benzene rings is 5. The fraction of sp³-hybridized carbons (Fsp3) is 0.182. The number of ketones is 2. The molecular formula is C44H37Cl5N8O6. The van der Waals surface area contributed by atoms with Gasteiger partial charge in [0, 0.05) is 34.5 Å². The van der Waals surface area contributed by atoms with Crippen LogP contribution in [0.15, 0.2) is 124 Å². The quantitative estimate of drug-likeness (QED) is 0.0406. The lowest BCUT2D eigenvalue weighted by atomic mass is 10.1. The summed E-state index contributed by atoms with van der Waals surface area (Å²) >= 11 is 30.9. The molecule has 5 rings (SSSR count). The predicted molar refractivity (Wildman–Crippen MR) is 247 cm³/mol. The summed E-state index contributed by atoms with van der Waals surface area (Å²) in [4.78, 5) is 78.2. The maximum absolute atomic E-state index is 13.4. The zero-order valence-corrected chi connectivity index (χ0v) is 37.4. The summed E-state index contributed by atoms with van der Waals surface area (Å²) in [6, 6.07) is 23.6. The fourth-order valence-electron chi connectivity index (χ4n) is 5.74. The van der Waals surface area contributed by atoms with Gasteiger partial charge in [-0.15, -0.1) is 34.8 Å². The normalized spacial score (nSPS) is 12.6. The first-order chi connectivity index (χ1) is 30.1. The van der Waals surface area contributed by atoms with Gasteiger partial charge in [0.25, 0.3) is 23.6 Å². The molecule has 63 heavy (non-hydrogen) atoms. The molecule has 3 unspecified atom stereocenters. The minimum absolute atomic E-state index is 0.0711. The highest BCUT2D eigenvalue weighted by molar-refractivity contribution is 6.35. The molecule has 0 heterocycles. The van der Waals surface area contributed by atoms with E-state index in [1.54, 1.807) is 43.3 Å². The average molecular weight is 951 g/mol. The highest BCUT2D eigenvalue weighted by atomic mass is 35.5. The summed E-state index contributed by atoms with van der Waals surface area (Å²) in [6.07, 6.45) is 0. The Morgan fingerprint density at radius 3 is 1.43 bits per heavy atom. The summed E-state index contributed by atoms with van der Waals surface area (Å²) < 4.78 is 0. The van der Waals surface area contributed by atoms with Crippen LogP contribution in [0.1, 0.15) is 63.6 Å². The lowest BCUT2D eigenvalue weighted by Crippen LogP contribution is -2.32. The molecule has 0 saturated carbocycles. The van der Waals surface area contributed by atoms with Crippen LogP contribution in [0.4, 0.5) is 34.1 Å². The van der Waals surface area contributed by atoms with E-state index in [-0.39, 0.29) is 55.7 Å². The molecule has 19 heteroatoms. The molecule has 0 aromatic heterocycles. The number of anilines is 4. The highest BCUT2D eigenvalue weighted by Crippen LogP contribution is 2.32. The monoisotopic (exact) mass is 948 g/mol. The van der Waals surface area contributed by atoms with Crippen LogP contribution in [-0.4, -0.2) is 47.3 Å². The van der Waals surface area contributed by atoms with Gasteiger partial charge in [0.05, 0.1) is 37.9 Å². The maximum atomic E-state index is 13.4. The molecule has 0 bridgehead atoms. The lowest BCUT2D eigenvalue weighted by Gasteiger charge is -2.17. The molecule has 3 atom stereocenters. The van der Waals surface area contributed by atoms with E-state index in [1.807, 2.05) is 12.1 Å². The third kappa shape index (κ3) is 13.2.